The molecule has 174 valence electrons. The van der Waals surface area contributed by atoms with Gasteiger partial charge in [-0.1, -0.05) is 48.5 Å². The van der Waals surface area contributed by atoms with Gasteiger partial charge in [0.05, 0.1) is 5.56 Å². The second kappa shape index (κ2) is 11.6. The predicted octanol–water partition coefficient (Wildman–Crippen LogP) is 6.76. The fraction of sp³-hybridized carbons (Fsp3) is 0.345. The zero-order valence-corrected chi connectivity index (χ0v) is 20.1. The van der Waals surface area contributed by atoms with Crippen molar-refractivity contribution in [1.29, 1.82) is 0 Å². The Hall–Kier alpha value is -3.27. The number of para-hydroxylation sites is 1. The number of ether oxygens (including phenoxy) is 1. The van der Waals surface area contributed by atoms with E-state index in [1.807, 2.05) is 30.3 Å². The van der Waals surface area contributed by atoms with E-state index >= 15 is 0 Å². The van der Waals surface area contributed by atoms with Crippen LogP contribution in [0.5, 0.6) is 5.75 Å². The van der Waals surface area contributed by atoms with Gasteiger partial charge >= 0.3 is 5.97 Å². The first-order valence-electron chi connectivity index (χ1n) is 11.8. The zero-order chi connectivity index (χ0) is 23.8. The normalized spacial score (nSPS) is 11.1. The second-order valence-electron chi connectivity index (χ2n) is 8.98. The highest BCUT2D eigenvalue weighted by atomic mass is 16.5. The third-order valence-corrected chi connectivity index (χ3v) is 5.82. The van der Waals surface area contributed by atoms with Crippen molar-refractivity contribution in [2.75, 3.05) is 4.90 Å². The highest BCUT2D eigenvalue weighted by Crippen LogP contribution is 2.28. The van der Waals surface area contributed by atoms with Crippen LogP contribution in [0, 0.1) is 0 Å². The molecular formula is C29H35NO3. The number of carboxylic acids is 1. The second-order valence-corrected chi connectivity index (χ2v) is 8.98. The zero-order valence-electron chi connectivity index (χ0n) is 20.1. The molecule has 0 atom stereocenters. The molecule has 0 bridgehead atoms. The van der Waals surface area contributed by atoms with E-state index in [1.165, 1.54) is 11.3 Å². The fourth-order valence-corrected chi connectivity index (χ4v) is 4.38. The van der Waals surface area contributed by atoms with Gasteiger partial charge in [-0.3, -0.25) is 0 Å². The van der Waals surface area contributed by atoms with E-state index < -0.39 is 5.97 Å². The van der Waals surface area contributed by atoms with Crippen molar-refractivity contribution in [3.05, 3.63) is 95.1 Å². The summed E-state index contributed by atoms with van der Waals surface area (Å²) in [5, 5.41) is 9.47. The molecule has 0 unspecified atom stereocenters. The number of hydrogen-bond acceptors (Lipinski definition) is 3. The molecule has 0 aliphatic carbocycles. The van der Waals surface area contributed by atoms with E-state index in [1.54, 1.807) is 18.2 Å². The lowest BCUT2D eigenvalue weighted by molar-refractivity contribution is 0.0696. The number of hydrogen-bond donors (Lipinski definition) is 1. The Morgan fingerprint density at radius 2 is 1.48 bits per heavy atom. The molecule has 4 heteroatoms. The largest absolute Gasteiger partial charge is 0.489 e. The average Bonchev–Trinajstić information content (AvgIpc) is 2.79. The Kier molecular flexibility index (Phi) is 8.53. The first kappa shape index (κ1) is 24.4. The van der Waals surface area contributed by atoms with Crippen LogP contribution < -0.4 is 9.64 Å². The molecule has 33 heavy (non-hydrogen) atoms. The highest BCUT2D eigenvalue weighted by molar-refractivity contribution is 5.88. The van der Waals surface area contributed by atoms with Crippen molar-refractivity contribution in [2.45, 2.75) is 65.6 Å². The Balaban J connectivity index is 1.75. The summed E-state index contributed by atoms with van der Waals surface area (Å²) in [5.41, 5.74) is 4.92. The lowest BCUT2D eigenvalue weighted by Crippen LogP contribution is -2.37. The minimum atomic E-state index is -0.916. The van der Waals surface area contributed by atoms with Gasteiger partial charge in [0.2, 0.25) is 0 Å². The van der Waals surface area contributed by atoms with Crippen LogP contribution in [0.4, 0.5) is 5.69 Å². The molecule has 0 fully saturated rings. The van der Waals surface area contributed by atoms with Crippen molar-refractivity contribution in [2.24, 2.45) is 0 Å². The topological polar surface area (TPSA) is 49.8 Å². The van der Waals surface area contributed by atoms with E-state index in [2.05, 4.69) is 56.9 Å². The van der Waals surface area contributed by atoms with E-state index in [0.717, 1.165) is 36.1 Å². The predicted molar refractivity (Wildman–Crippen MR) is 135 cm³/mol. The Morgan fingerprint density at radius 3 is 2.15 bits per heavy atom. The maximum atomic E-state index is 11.5. The molecule has 0 radical (unpaired) electrons. The summed E-state index contributed by atoms with van der Waals surface area (Å²) >= 11 is 0. The van der Waals surface area contributed by atoms with Crippen LogP contribution in [0.25, 0.3) is 0 Å². The Labute approximate surface area is 197 Å². The van der Waals surface area contributed by atoms with Crippen LogP contribution >= 0.6 is 0 Å². The number of anilines is 1. The van der Waals surface area contributed by atoms with Gasteiger partial charge in [0.1, 0.15) is 12.4 Å². The summed E-state index contributed by atoms with van der Waals surface area (Å²) in [7, 11) is 0. The summed E-state index contributed by atoms with van der Waals surface area (Å²) in [6, 6.07) is 24.6. The molecule has 0 amide bonds. The lowest BCUT2D eigenvalue weighted by atomic mass is 9.99. The molecule has 1 N–H and O–H groups in total. The van der Waals surface area contributed by atoms with Gasteiger partial charge in [0, 0.05) is 17.8 Å². The number of carbonyl (C=O) groups is 1. The van der Waals surface area contributed by atoms with Gasteiger partial charge in [-0.15, -0.1) is 0 Å². The van der Waals surface area contributed by atoms with Crippen molar-refractivity contribution < 1.29 is 14.6 Å². The number of aromatic carboxylic acids is 1. The molecule has 0 aliphatic heterocycles. The minimum Gasteiger partial charge on any atom is -0.489 e. The molecule has 4 nitrogen and oxygen atoms in total. The molecule has 0 saturated carbocycles. The number of rotatable bonds is 11. The van der Waals surface area contributed by atoms with Crippen LogP contribution in [-0.2, 0) is 19.4 Å². The van der Waals surface area contributed by atoms with E-state index in [0.29, 0.717) is 24.3 Å². The third-order valence-electron chi connectivity index (χ3n) is 5.82. The lowest BCUT2D eigenvalue weighted by Gasteiger charge is -2.34. The summed E-state index contributed by atoms with van der Waals surface area (Å²) in [6.45, 7) is 9.37. The van der Waals surface area contributed by atoms with E-state index in [4.69, 9.17) is 4.74 Å². The quantitative estimate of drug-likeness (QED) is 0.354. The van der Waals surface area contributed by atoms with E-state index in [-0.39, 0.29) is 0 Å². The van der Waals surface area contributed by atoms with Crippen LogP contribution in [0.2, 0.25) is 0 Å². The number of nitrogens with zero attached hydrogens (tertiary/aromatic N) is 1. The van der Waals surface area contributed by atoms with Crippen molar-refractivity contribution in [3.8, 4) is 5.75 Å². The molecule has 0 aliphatic rings. The maximum absolute atomic E-state index is 11.5. The van der Waals surface area contributed by atoms with Crippen LogP contribution in [-0.4, -0.2) is 23.2 Å². The van der Waals surface area contributed by atoms with Gasteiger partial charge in [-0.05, 0) is 87.9 Å². The third kappa shape index (κ3) is 6.61. The van der Waals surface area contributed by atoms with Gasteiger partial charge in [0.25, 0.3) is 0 Å². The van der Waals surface area contributed by atoms with Crippen molar-refractivity contribution >= 4 is 11.7 Å². The van der Waals surface area contributed by atoms with Crippen molar-refractivity contribution in [3.63, 3.8) is 0 Å². The molecule has 3 rings (SSSR count). The van der Waals surface area contributed by atoms with E-state index in [9.17, 15) is 9.90 Å². The van der Waals surface area contributed by atoms with Crippen LogP contribution in [0.3, 0.4) is 0 Å². The molecule has 0 spiro atoms. The summed E-state index contributed by atoms with van der Waals surface area (Å²) in [6.07, 6.45) is 2.58. The number of carboxylic acid groups (broad SMARTS) is 1. The monoisotopic (exact) mass is 445 g/mol. The average molecular weight is 446 g/mol. The highest BCUT2D eigenvalue weighted by Gasteiger charge is 2.17. The first-order valence-corrected chi connectivity index (χ1v) is 11.8. The Morgan fingerprint density at radius 1 is 0.848 bits per heavy atom. The van der Waals surface area contributed by atoms with Crippen LogP contribution in [0.1, 0.15) is 61.2 Å². The molecule has 0 aromatic heterocycles. The fourth-order valence-electron chi connectivity index (χ4n) is 4.38. The molecule has 0 heterocycles. The smallest absolute Gasteiger partial charge is 0.335 e. The molecular weight excluding hydrogens is 410 g/mol. The minimum absolute atomic E-state index is 0.295. The molecule has 3 aromatic rings. The summed E-state index contributed by atoms with van der Waals surface area (Å²) in [5.74, 6) is -0.163. The van der Waals surface area contributed by atoms with Gasteiger partial charge in [-0.25, -0.2) is 4.79 Å². The Bertz CT molecular complexity index is 1040. The summed E-state index contributed by atoms with van der Waals surface area (Å²) < 4.78 is 6.08. The van der Waals surface area contributed by atoms with Gasteiger partial charge in [-0.2, -0.15) is 0 Å². The first-order chi connectivity index (χ1) is 15.9. The molecule has 0 saturated heterocycles. The number of aryl methyl sites for hydroxylation is 2. The summed E-state index contributed by atoms with van der Waals surface area (Å²) in [4.78, 5) is 14.0. The maximum Gasteiger partial charge on any atom is 0.335 e. The van der Waals surface area contributed by atoms with Gasteiger partial charge < -0.3 is 14.7 Å². The SMILES string of the molecule is CC(C)N(c1ccccc1CCCc1cc(C(=O)O)ccc1OCc1ccccc1)C(C)C. The molecule has 3 aromatic carbocycles. The van der Waals surface area contributed by atoms with Gasteiger partial charge in [0.15, 0.2) is 0 Å². The van der Waals surface area contributed by atoms with Crippen LogP contribution in [0.15, 0.2) is 72.8 Å². The standard InChI is InChI=1S/C29H35NO3/c1-21(2)30(22(3)4)27-16-9-8-13-24(27)14-10-15-25-19-26(29(31)32)17-18-28(25)33-20-23-11-6-5-7-12-23/h5-9,11-13,16-19,21-22H,10,14-15,20H2,1-4H3,(H,31,32). The van der Waals surface area contributed by atoms with Crippen molar-refractivity contribution in [1.82, 2.24) is 0 Å². The number of benzene rings is 3.